The highest BCUT2D eigenvalue weighted by Crippen LogP contribution is 2.17. The van der Waals surface area contributed by atoms with Crippen LogP contribution >= 0.6 is 0 Å². The summed E-state index contributed by atoms with van der Waals surface area (Å²) in [4.78, 5) is 38.3. The molecule has 0 aliphatic carbocycles. The molecule has 0 saturated carbocycles. The Morgan fingerprint density at radius 3 is 0.823 bits per heavy atom. The molecule has 0 spiro atoms. The zero-order valence-corrected chi connectivity index (χ0v) is 51.9. The first kappa shape index (κ1) is 75.1. The molecule has 1 atom stereocenters. The van der Waals surface area contributed by atoms with Crippen LogP contribution in [0, 0.1) is 0 Å². The normalized spacial score (nSPS) is 12.8. The maximum Gasteiger partial charge on any atom is 0.306 e. The van der Waals surface area contributed by atoms with Crippen LogP contribution in [0.1, 0.15) is 316 Å². The highest BCUT2D eigenvalue weighted by atomic mass is 16.6. The van der Waals surface area contributed by atoms with Gasteiger partial charge in [0.2, 0.25) is 0 Å². The molecule has 0 aliphatic rings. The average Bonchev–Trinajstić information content (AvgIpc) is 3.45. The van der Waals surface area contributed by atoms with Crippen molar-refractivity contribution in [3.05, 3.63) is 109 Å². The lowest BCUT2D eigenvalue weighted by Gasteiger charge is -2.18. The summed E-state index contributed by atoms with van der Waals surface area (Å²) >= 11 is 0. The fraction of sp³-hybridized carbons (Fsp3) is 0.712. The summed E-state index contributed by atoms with van der Waals surface area (Å²) in [6.07, 6.45) is 91.3. The van der Waals surface area contributed by atoms with Gasteiger partial charge in [-0.05, 0) is 89.9 Å². The number of rotatable bonds is 60. The molecule has 452 valence electrons. The highest BCUT2D eigenvalue weighted by molar-refractivity contribution is 5.71. The fourth-order valence-corrected chi connectivity index (χ4v) is 9.37. The van der Waals surface area contributed by atoms with Crippen LogP contribution in [0.5, 0.6) is 0 Å². The van der Waals surface area contributed by atoms with Gasteiger partial charge in [0.25, 0.3) is 0 Å². The summed E-state index contributed by atoms with van der Waals surface area (Å²) < 4.78 is 16.9. The number of ether oxygens (including phenoxy) is 3. The smallest absolute Gasteiger partial charge is 0.306 e. The third-order valence-corrected chi connectivity index (χ3v) is 14.3. The molecule has 6 heteroatoms. The Kier molecular flexibility index (Phi) is 63.3. The molecular formula is C73H124O6. The quantitative estimate of drug-likeness (QED) is 0.0261. The predicted octanol–water partition coefficient (Wildman–Crippen LogP) is 23.0. The first-order valence-corrected chi connectivity index (χ1v) is 33.4. The molecule has 0 aliphatic heterocycles. The van der Waals surface area contributed by atoms with Gasteiger partial charge >= 0.3 is 17.9 Å². The zero-order valence-electron chi connectivity index (χ0n) is 51.9. The topological polar surface area (TPSA) is 78.9 Å². The number of hydrogen-bond donors (Lipinski definition) is 0. The Labute approximate surface area is 489 Å². The molecule has 0 aromatic carbocycles. The fourth-order valence-electron chi connectivity index (χ4n) is 9.37. The molecule has 0 radical (unpaired) electrons. The van der Waals surface area contributed by atoms with E-state index in [-0.39, 0.29) is 31.6 Å². The van der Waals surface area contributed by atoms with Crippen LogP contribution in [-0.2, 0) is 28.6 Å². The number of hydrogen-bond acceptors (Lipinski definition) is 6. The lowest BCUT2D eigenvalue weighted by Crippen LogP contribution is -2.30. The van der Waals surface area contributed by atoms with E-state index in [9.17, 15) is 14.4 Å². The van der Waals surface area contributed by atoms with Crippen LogP contribution < -0.4 is 0 Å². The minimum Gasteiger partial charge on any atom is -0.462 e. The Morgan fingerprint density at radius 2 is 0.519 bits per heavy atom. The zero-order chi connectivity index (χ0) is 57.1. The van der Waals surface area contributed by atoms with E-state index in [2.05, 4.69) is 124 Å². The third kappa shape index (κ3) is 64.8. The summed E-state index contributed by atoms with van der Waals surface area (Å²) in [6.45, 7) is 6.37. The molecule has 0 bridgehead atoms. The molecule has 0 rings (SSSR count). The number of carbonyl (C=O) groups is 3. The summed E-state index contributed by atoms with van der Waals surface area (Å²) in [6, 6.07) is 0. The van der Waals surface area contributed by atoms with E-state index in [1.54, 1.807) is 0 Å². The maximum absolute atomic E-state index is 12.9. The molecule has 0 heterocycles. The number of esters is 3. The van der Waals surface area contributed by atoms with Gasteiger partial charge in [0.15, 0.2) is 6.10 Å². The second-order valence-electron chi connectivity index (χ2n) is 22.0. The summed E-state index contributed by atoms with van der Waals surface area (Å²) in [5.41, 5.74) is 0. The van der Waals surface area contributed by atoms with E-state index in [0.717, 1.165) is 116 Å². The van der Waals surface area contributed by atoms with Crippen LogP contribution in [-0.4, -0.2) is 37.2 Å². The number of carbonyl (C=O) groups excluding carboxylic acids is 3. The predicted molar refractivity (Wildman–Crippen MR) is 343 cm³/mol. The monoisotopic (exact) mass is 1100 g/mol. The Morgan fingerprint density at radius 1 is 0.266 bits per heavy atom. The number of allylic oxidation sites excluding steroid dienone is 18. The van der Waals surface area contributed by atoms with Gasteiger partial charge in [-0.25, -0.2) is 0 Å². The van der Waals surface area contributed by atoms with Crippen molar-refractivity contribution in [1.82, 2.24) is 0 Å². The Bertz CT molecular complexity index is 1590. The van der Waals surface area contributed by atoms with Gasteiger partial charge in [-0.3, -0.25) is 14.4 Å². The maximum atomic E-state index is 12.9. The van der Waals surface area contributed by atoms with Gasteiger partial charge in [-0.2, -0.15) is 0 Å². The van der Waals surface area contributed by atoms with E-state index in [1.807, 2.05) is 6.08 Å². The van der Waals surface area contributed by atoms with Crippen molar-refractivity contribution in [2.45, 2.75) is 322 Å². The Hall–Kier alpha value is -3.93. The molecule has 79 heavy (non-hydrogen) atoms. The number of unbranched alkanes of at least 4 members (excludes halogenated alkanes) is 31. The molecule has 1 unspecified atom stereocenters. The summed E-state index contributed by atoms with van der Waals surface area (Å²) in [5, 5.41) is 0. The lowest BCUT2D eigenvalue weighted by molar-refractivity contribution is -0.166. The average molecular weight is 1100 g/mol. The van der Waals surface area contributed by atoms with E-state index >= 15 is 0 Å². The van der Waals surface area contributed by atoms with Gasteiger partial charge in [0.05, 0.1) is 0 Å². The second-order valence-corrected chi connectivity index (χ2v) is 22.0. The van der Waals surface area contributed by atoms with Crippen molar-refractivity contribution in [2.75, 3.05) is 13.2 Å². The summed E-state index contributed by atoms with van der Waals surface area (Å²) in [5.74, 6) is -1.01. The second kappa shape index (κ2) is 66.6. The molecule has 0 aromatic rings. The van der Waals surface area contributed by atoms with Crippen LogP contribution in [0.15, 0.2) is 109 Å². The lowest BCUT2D eigenvalue weighted by atomic mass is 10.0. The SMILES string of the molecule is CC/C=C\C/C=C\C/C=C\C/C=C\C/C=C\C/C=C\CCC(=O)OC(COC(=O)CCCCCCC/C=C\C/C=C\C/C=C\CC)COC(=O)CCCCCCCCCCCCCCCCCCCCCCCCCCCCC. The van der Waals surface area contributed by atoms with E-state index in [0.29, 0.717) is 19.3 Å². The van der Waals surface area contributed by atoms with E-state index < -0.39 is 12.1 Å². The first-order chi connectivity index (χ1) is 39.0. The van der Waals surface area contributed by atoms with Gasteiger partial charge in [-0.15, -0.1) is 0 Å². The van der Waals surface area contributed by atoms with Crippen molar-refractivity contribution in [3.63, 3.8) is 0 Å². The summed E-state index contributed by atoms with van der Waals surface area (Å²) in [7, 11) is 0. The van der Waals surface area contributed by atoms with Crippen molar-refractivity contribution < 1.29 is 28.6 Å². The first-order valence-electron chi connectivity index (χ1n) is 33.4. The minimum absolute atomic E-state index is 0.113. The molecular weight excluding hydrogens is 973 g/mol. The van der Waals surface area contributed by atoms with Crippen molar-refractivity contribution in [2.24, 2.45) is 0 Å². The van der Waals surface area contributed by atoms with Crippen molar-refractivity contribution >= 4 is 17.9 Å². The van der Waals surface area contributed by atoms with Crippen LogP contribution in [0.25, 0.3) is 0 Å². The third-order valence-electron chi connectivity index (χ3n) is 14.3. The van der Waals surface area contributed by atoms with Gasteiger partial charge in [0, 0.05) is 19.3 Å². The van der Waals surface area contributed by atoms with Crippen molar-refractivity contribution in [3.8, 4) is 0 Å². The highest BCUT2D eigenvalue weighted by Gasteiger charge is 2.19. The van der Waals surface area contributed by atoms with Crippen LogP contribution in [0.3, 0.4) is 0 Å². The molecule has 0 N–H and O–H groups in total. The standard InChI is InChI=1S/C73H124O6/c1-4-7-10-13-16-19-22-25-28-30-32-33-34-35-36-37-38-39-41-42-45-48-51-54-57-60-63-66-72(75)78-69-70(68-77-71(74)65-62-59-56-53-50-47-44-27-24-21-18-15-12-9-6-3)79-73(76)67-64-61-58-55-52-49-46-43-40-31-29-26-23-20-17-14-11-8-5-2/h8-9,11-12,17-18,20-21,26-27,29,40,43-44,49,52,58,61,70H,4-7,10,13-16,19,22-25,28,30-39,41-42,45-48,50-51,53-57,59-60,62-69H2,1-3H3/b11-8-,12-9-,20-17-,21-18-,29-26-,43-40-,44-27-,52-49-,61-58-. The van der Waals surface area contributed by atoms with Crippen molar-refractivity contribution in [1.29, 1.82) is 0 Å². The minimum atomic E-state index is -0.828. The largest absolute Gasteiger partial charge is 0.462 e. The Balaban J connectivity index is 4.37. The van der Waals surface area contributed by atoms with E-state index in [4.69, 9.17) is 14.2 Å². The van der Waals surface area contributed by atoms with Gasteiger partial charge < -0.3 is 14.2 Å². The van der Waals surface area contributed by atoms with Gasteiger partial charge in [0.1, 0.15) is 13.2 Å². The molecule has 0 amide bonds. The van der Waals surface area contributed by atoms with Gasteiger partial charge in [-0.1, -0.05) is 316 Å². The molecule has 0 fully saturated rings. The molecule has 0 saturated heterocycles. The van der Waals surface area contributed by atoms with Crippen LogP contribution in [0.4, 0.5) is 0 Å². The van der Waals surface area contributed by atoms with E-state index in [1.165, 1.54) is 154 Å². The molecule has 0 aromatic heterocycles. The molecule has 6 nitrogen and oxygen atoms in total. The van der Waals surface area contributed by atoms with Crippen LogP contribution in [0.2, 0.25) is 0 Å².